The number of fused-ring (bicyclic) bond motifs is 1. The summed E-state index contributed by atoms with van der Waals surface area (Å²) in [4.78, 5) is 13.5. The molecule has 1 unspecified atom stereocenters. The van der Waals surface area contributed by atoms with Gasteiger partial charge in [0, 0.05) is 19.0 Å². The third-order valence-electron chi connectivity index (χ3n) is 3.51. The molecule has 3 saturated heterocycles. The molecule has 1 amide bonds. The van der Waals surface area contributed by atoms with Crippen LogP contribution in [0.3, 0.4) is 0 Å². The van der Waals surface area contributed by atoms with Crippen LogP contribution < -0.4 is 5.32 Å². The average molecular weight is 212 g/mol. The Balaban J connectivity index is 1.72. The van der Waals surface area contributed by atoms with Crippen LogP contribution in [-0.2, 0) is 14.3 Å². The van der Waals surface area contributed by atoms with Gasteiger partial charge >= 0.3 is 0 Å². The molecule has 5 heteroatoms. The van der Waals surface area contributed by atoms with Crippen molar-refractivity contribution in [2.24, 2.45) is 0 Å². The fourth-order valence-electron chi connectivity index (χ4n) is 2.71. The smallest absolute Gasteiger partial charge is 0.234 e. The minimum absolute atomic E-state index is 0.112. The van der Waals surface area contributed by atoms with Crippen LogP contribution in [0.5, 0.6) is 0 Å². The molecule has 0 saturated carbocycles. The normalized spacial score (nSPS) is 35.2. The molecule has 3 aliphatic heterocycles. The second-order valence-electron chi connectivity index (χ2n) is 4.51. The number of hydrogen-bond donors (Lipinski definition) is 1. The van der Waals surface area contributed by atoms with Crippen molar-refractivity contribution in [2.45, 2.75) is 24.7 Å². The minimum atomic E-state index is -0.409. The van der Waals surface area contributed by atoms with Crippen LogP contribution in [0.4, 0.5) is 0 Å². The highest BCUT2D eigenvalue weighted by molar-refractivity contribution is 5.78. The number of piperidine rings is 1. The summed E-state index contributed by atoms with van der Waals surface area (Å²) in [6.45, 7) is 3.37. The van der Waals surface area contributed by atoms with Crippen LogP contribution in [0.2, 0.25) is 0 Å². The molecule has 0 bridgehead atoms. The summed E-state index contributed by atoms with van der Waals surface area (Å²) in [5.74, 6) is -0.296. The lowest BCUT2D eigenvalue weighted by molar-refractivity contribution is -0.200. The van der Waals surface area contributed by atoms with Gasteiger partial charge in [-0.05, 0) is 6.42 Å². The van der Waals surface area contributed by atoms with Gasteiger partial charge < -0.3 is 14.8 Å². The topological polar surface area (TPSA) is 50.8 Å². The number of carbonyl (C=O) groups excluding carboxylic acids is 1. The molecule has 1 atom stereocenters. The van der Waals surface area contributed by atoms with Crippen LogP contribution in [0, 0.1) is 0 Å². The first kappa shape index (κ1) is 9.57. The molecule has 3 rings (SSSR count). The number of amides is 1. The lowest BCUT2D eigenvalue weighted by Gasteiger charge is -2.45. The zero-order valence-corrected chi connectivity index (χ0v) is 8.70. The van der Waals surface area contributed by atoms with Crippen LogP contribution in [0.25, 0.3) is 0 Å². The van der Waals surface area contributed by atoms with Gasteiger partial charge in [0.15, 0.2) is 5.79 Å². The molecule has 3 aliphatic rings. The first-order valence-electron chi connectivity index (χ1n) is 5.56. The van der Waals surface area contributed by atoms with E-state index in [0.29, 0.717) is 25.8 Å². The van der Waals surface area contributed by atoms with E-state index in [-0.39, 0.29) is 5.91 Å². The summed E-state index contributed by atoms with van der Waals surface area (Å²) in [5, 5.41) is 2.90. The van der Waals surface area contributed by atoms with Gasteiger partial charge in [-0.3, -0.25) is 9.69 Å². The second kappa shape index (κ2) is 3.43. The van der Waals surface area contributed by atoms with E-state index >= 15 is 0 Å². The molecule has 0 aromatic carbocycles. The predicted octanol–water partition coefficient (Wildman–Crippen LogP) is -0.676. The van der Waals surface area contributed by atoms with Crippen molar-refractivity contribution in [3.05, 3.63) is 0 Å². The first-order valence-corrected chi connectivity index (χ1v) is 5.56. The molecule has 1 spiro atoms. The number of nitrogens with zero attached hydrogens (tertiary/aromatic N) is 1. The Morgan fingerprint density at radius 1 is 1.40 bits per heavy atom. The van der Waals surface area contributed by atoms with Gasteiger partial charge in [0.25, 0.3) is 0 Å². The van der Waals surface area contributed by atoms with Gasteiger partial charge in [-0.1, -0.05) is 0 Å². The Hall–Kier alpha value is -0.650. The van der Waals surface area contributed by atoms with Crippen LogP contribution in [0.1, 0.15) is 12.8 Å². The second-order valence-corrected chi connectivity index (χ2v) is 4.51. The standard InChI is InChI=1S/C10H16N2O3/c13-9-6-12-7-10(14-3-4-15-10)2-1-8(12)5-11-9/h8H,1-7H2,(H,11,13). The number of piperazine rings is 1. The number of hydrogen-bond acceptors (Lipinski definition) is 4. The van der Waals surface area contributed by atoms with E-state index in [0.717, 1.165) is 25.9 Å². The number of rotatable bonds is 0. The van der Waals surface area contributed by atoms with Crippen molar-refractivity contribution in [3.8, 4) is 0 Å². The summed E-state index contributed by atoms with van der Waals surface area (Å²) in [7, 11) is 0. The highest BCUT2D eigenvalue weighted by Crippen LogP contribution is 2.33. The lowest BCUT2D eigenvalue weighted by Crippen LogP contribution is -2.62. The highest BCUT2D eigenvalue weighted by atomic mass is 16.7. The van der Waals surface area contributed by atoms with Gasteiger partial charge in [-0.15, -0.1) is 0 Å². The van der Waals surface area contributed by atoms with Crippen LogP contribution >= 0.6 is 0 Å². The number of ether oxygens (including phenoxy) is 2. The Morgan fingerprint density at radius 3 is 3.00 bits per heavy atom. The van der Waals surface area contributed by atoms with E-state index in [1.165, 1.54) is 0 Å². The van der Waals surface area contributed by atoms with Crippen LogP contribution in [-0.4, -0.2) is 55.5 Å². The number of carbonyl (C=O) groups is 1. The molecule has 5 nitrogen and oxygen atoms in total. The summed E-state index contributed by atoms with van der Waals surface area (Å²) in [6.07, 6.45) is 1.99. The molecule has 1 N–H and O–H groups in total. The fourth-order valence-corrected chi connectivity index (χ4v) is 2.71. The van der Waals surface area contributed by atoms with Gasteiger partial charge in [-0.2, -0.15) is 0 Å². The van der Waals surface area contributed by atoms with E-state index in [9.17, 15) is 4.79 Å². The van der Waals surface area contributed by atoms with E-state index in [4.69, 9.17) is 9.47 Å². The van der Waals surface area contributed by atoms with Crippen molar-refractivity contribution in [1.82, 2.24) is 10.2 Å². The molecular formula is C10H16N2O3. The maximum Gasteiger partial charge on any atom is 0.234 e. The molecule has 0 aliphatic carbocycles. The van der Waals surface area contributed by atoms with Gasteiger partial charge in [0.05, 0.1) is 26.3 Å². The Bertz CT molecular complexity index is 276. The van der Waals surface area contributed by atoms with Crippen molar-refractivity contribution in [1.29, 1.82) is 0 Å². The molecule has 0 radical (unpaired) electrons. The molecule has 0 aromatic heterocycles. The summed E-state index contributed by atoms with van der Waals surface area (Å²) in [5.41, 5.74) is 0. The van der Waals surface area contributed by atoms with Crippen molar-refractivity contribution in [2.75, 3.05) is 32.8 Å². The van der Waals surface area contributed by atoms with Crippen LogP contribution in [0.15, 0.2) is 0 Å². The summed E-state index contributed by atoms with van der Waals surface area (Å²) >= 11 is 0. The van der Waals surface area contributed by atoms with E-state index in [1.807, 2.05) is 0 Å². The van der Waals surface area contributed by atoms with Gasteiger partial charge in [0.2, 0.25) is 5.91 Å². The third-order valence-corrected chi connectivity index (χ3v) is 3.51. The quantitative estimate of drug-likeness (QED) is 0.578. The zero-order chi connectivity index (χ0) is 10.3. The molecule has 0 aromatic rings. The Morgan fingerprint density at radius 2 is 2.20 bits per heavy atom. The SMILES string of the molecule is O=C1CN2CC3(CCC2CN1)OCCO3. The Labute approximate surface area is 88.7 Å². The largest absolute Gasteiger partial charge is 0.353 e. The molecule has 15 heavy (non-hydrogen) atoms. The molecular weight excluding hydrogens is 196 g/mol. The average Bonchev–Trinajstić information content (AvgIpc) is 2.66. The van der Waals surface area contributed by atoms with E-state index in [2.05, 4.69) is 10.2 Å². The molecule has 3 fully saturated rings. The Kier molecular flexibility index (Phi) is 2.19. The summed E-state index contributed by atoms with van der Waals surface area (Å²) in [6, 6.07) is 0.473. The van der Waals surface area contributed by atoms with E-state index < -0.39 is 5.79 Å². The molecule has 84 valence electrons. The molecule has 3 heterocycles. The first-order chi connectivity index (χ1) is 7.27. The van der Waals surface area contributed by atoms with Gasteiger partial charge in [0.1, 0.15) is 0 Å². The predicted molar refractivity (Wildman–Crippen MR) is 52.2 cm³/mol. The van der Waals surface area contributed by atoms with Crippen molar-refractivity contribution >= 4 is 5.91 Å². The number of nitrogens with one attached hydrogen (secondary N) is 1. The van der Waals surface area contributed by atoms with Crippen molar-refractivity contribution in [3.63, 3.8) is 0 Å². The maximum absolute atomic E-state index is 11.3. The lowest BCUT2D eigenvalue weighted by atomic mass is 9.95. The van der Waals surface area contributed by atoms with Gasteiger partial charge in [-0.25, -0.2) is 0 Å². The maximum atomic E-state index is 11.3. The summed E-state index contributed by atoms with van der Waals surface area (Å²) < 4.78 is 11.3. The zero-order valence-electron chi connectivity index (χ0n) is 8.70. The minimum Gasteiger partial charge on any atom is -0.353 e. The monoisotopic (exact) mass is 212 g/mol. The highest BCUT2D eigenvalue weighted by Gasteiger charge is 2.45. The fraction of sp³-hybridized carbons (Fsp3) is 0.900. The third kappa shape index (κ3) is 1.64. The van der Waals surface area contributed by atoms with E-state index in [1.54, 1.807) is 0 Å². The van der Waals surface area contributed by atoms with Crippen molar-refractivity contribution < 1.29 is 14.3 Å².